The maximum absolute atomic E-state index is 12.6. The number of pyridine rings is 1. The van der Waals surface area contributed by atoms with Crippen molar-refractivity contribution in [2.75, 3.05) is 6.61 Å². The number of rotatable bonds is 5. The van der Waals surface area contributed by atoms with Gasteiger partial charge in [0.15, 0.2) is 5.78 Å². The fourth-order valence-electron chi connectivity index (χ4n) is 2.21. The Hall–Kier alpha value is -1.74. The second kappa shape index (κ2) is 5.93. The molecule has 19 heavy (non-hydrogen) atoms. The molecule has 2 rings (SSSR count). The minimum Gasteiger partial charge on any atom is -0.370 e. The van der Waals surface area contributed by atoms with Crippen molar-refractivity contribution in [1.29, 1.82) is 0 Å². The van der Waals surface area contributed by atoms with Gasteiger partial charge in [0.05, 0.1) is 5.52 Å². The molecule has 1 aromatic heterocycles. The third-order valence-electron chi connectivity index (χ3n) is 3.11. The van der Waals surface area contributed by atoms with E-state index in [1.807, 2.05) is 51.1 Å². The lowest BCUT2D eigenvalue weighted by molar-refractivity contribution is 0.0281. The molecule has 0 N–H and O–H groups in total. The molecule has 0 fully saturated rings. The first-order valence-electron chi connectivity index (χ1n) is 6.64. The molecule has 0 saturated heterocycles. The first-order chi connectivity index (χ1) is 9.15. The van der Waals surface area contributed by atoms with Crippen molar-refractivity contribution in [1.82, 2.24) is 4.98 Å². The van der Waals surface area contributed by atoms with E-state index in [9.17, 15) is 4.79 Å². The Bertz CT molecular complexity index is 572. The molecule has 3 nitrogen and oxygen atoms in total. The van der Waals surface area contributed by atoms with Crippen molar-refractivity contribution in [3.63, 3.8) is 0 Å². The maximum atomic E-state index is 12.6. The number of aromatic nitrogens is 1. The molecule has 1 heterocycles. The smallest absolute Gasteiger partial charge is 0.193 e. The number of Topliss-reactive ketones (excluding diaryl/α,β-unsaturated/α-hetero) is 1. The fourth-order valence-corrected chi connectivity index (χ4v) is 2.21. The van der Waals surface area contributed by atoms with E-state index in [1.54, 1.807) is 6.20 Å². The highest BCUT2D eigenvalue weighted by Gasteiger charge is 2.25. The van der Waals surface area contributed by atoms with Gasteiger partial charge in [-0.3, -0.25) is 9.78 Å². The number of hydrogen-bond acceptors (Lipinski definition) is 3. The highest BCUT2D eigenvalue weighted by Crippen LogP contribution is 2.21. The highest BCUT2D eigenvalue weighted by atomic mass is 16.5. The number of fused-ring (bicyclic) bond motifs is 1. The van der Waals surface area contributed by atoms with E-state index in [1.165, 1.54) is 0 Å². The van der Waals surface area contributed by atoms with Gasteiger partial charge in [-0.25, -0.2) is 0 Å². The average Bonchev–Trinajstić information content (AvgIpc) is 2.43. The summed E-state index contributed by atoms with van der Waals surface area (Å²) in [5.41, 5.74) is 1.39. The zero-order valence-corrected chi connectivity index (χ0v) is 11.6. The molecule has 0 aliphatic heterocycles. The zero-order valence-electron chi connectivity index (χ0n) is 11.6. The lowest BCUT2D eigenvalue weighted by Crippen LogP contribution is -2.30. The summed E-state index contributed by atoms with van der Waals surface area (Å²) in [5, 5.41) is 0.979. The minimum atomic E-state index is -0.405. The number of nitrogens with zero attached hydrogens (tertiary/aromatic N) is 1. The predicted octanol–water partition coefficient (Wildman–Crippen LogP) is 3.48. The molecule has 0 aliphatic carbocycles. The zero-order chi connectivity index (χ0) is 13.8. The number of para-hydroxylation sites is 1. The van der Waals surface area contributed by atoms with Crippen LogP contribution in [0.25, 0.3) is 10.9 Å². The first kappa shape index (κ1) is 13.7. The first-order valence-corrected chi connectivity index (χ1v) is 6.64. The van der Waals surface area contributed by atoms with E-state index in [0.717, 1.165) is 10.9 Å². The van der Waals surface area contributed by atoms with E-state index in [2.05, 4.69) is 4.98 Å². The van der Waals surface area contributed by atoms with Crippen LogP contribution in [0.3, 0.4) is 0 Å². The molecule has 2 aromatic rings. The number of hydrogen-bond donors (Lipinski definition) is 0. The average molecular weight is 257 g/mol. The Balaban J connectivity index is 2.45. The van der Waals surface area contributed by atoms with Crippen molar-refractivity contribution in [2.24, 2.45) is 5.92 Å². The van der Waals surface area contributed by atoms with Gasteiger partial charge in [0.2, 0.25) is 0 Å². The molecule has 0 amide bonds. The maximum Gasteiger partial charge on any atom is 0.193 e. The second-order valence-electron chi connectivity index (χ2n) is 4.86. The van der Waals surface area contributed by atoms with E-state index >= 15 is 0 Å². The van der Waals surface area contributed by atoms with Gasteiger partial charge in [-0.05, 0) is 25.0 Å². The summed E-state index contributed by atoms with van der Waals surface area (Å²) in [6, 6.07) is 9.51. The Morgan fingerprint density at radius 2 is 2.00 bits per heavy atom. The van der Waals surface area contributed by atoms with Gasteiger partial charge in [-0.1, -0.05) is 32.0 Å². The van der Waals surface area contributed by atoms with Crippen LogP contribution in [0, 0.1) is 5.92 Å². The third-order valence-corrected chi connectivity index (χ3v) is 3.11. The highest BCUT2D eigenvalue weighted by molar-refractivity contribution is 6.08. The van der Waals surface area contributed by atoms with Crippen LogP contribution in [0.2, 0.25) is 0 Å². The van der Waals surface area contributed by atoms with Crippen molar-refractivity contribution in [3.05, 3.63) is 42.1 Å². The summed E-state index contributed by atoms with van der Waals surface area (Å²) in [4.78, 5) is 17.0. The van der Waals surface area contributed by atoms with Crippen LogP contribution in [-0.2, 0) is 4.74 Å². The third kappa shape index (κ3) is 2.82. The molecular formula is C16H19NO2. The van der Waals surface area contributed by atoms with E-state index < -0.39 is 6.10 Å². The summed E-state index contributed by atoms with van der Waals surface area (Å²) in [6.45, 7) is 6.43. The Kier molecular flexibility index (Phi) is 4.27. The summed E-state index contributed by atoms with van der Waals surface area (Å²) < 4.78 is 5.59. The van der Waals surface area contributed by atoms with E-state index in [-0.39, 0.29) is 11.7 Å². The normalized spacial score (nSPS) is 12.8. The molecule has 1 aromatic carbocycles. The topological polar surface area (TPSA) is 39.2 Å². The van der Waals surface area contributed by atoms with Gasteiger partial charge in [0.1, 0.15) is 6.10 Å². The molecule has 3 heteroatoms. The lowest BCUT2D eigenvalue weighted by atomic mass is 9.96. The van der Waals surface area contributed by atoms with Gasteiger partial charge >= 0.3 is 0 Å². The second-order valence-corrected chi connectivity index (χ2v) is 4.86. The summed E-state index contributed by atoms with van der Waals surface area (Å²) in [5.74, 6) is 0.160. The number of carbonyl (C=O) groups excluding carboxylic acids is 1. The number of benzene rings is 1. The Morgan fingerprint density at radius 1 is 1.26 bits per heavy atom. The fraction of sp³-hybridized carbons (Fsp3) is 0.375. The van der Waals surface area contributed by atoms with Crippen molar-refractivity contribution in [3.8, 4) is 0 Å². The molecule has 0 spiro atoms. The molecule has 0 aliphatic rings. The molecule has 0 radical (unpaired) electrons. The van der Waals surface area contributed by atoms with E-state index in [0.29, 0.717) is 12.2 Å². The SMILES string of the molecule is CCOC(C(=O)c1cccc2cccnc12)C(C)C. The molecule has 100 valence electrons. The Morgan fingerprint density at radius 3 is 2.68 bits per heavy atom. The standard InChI is InChI=1S/C16H19NO2/c1-4-19-16(11(2)3)15(18)13-9-5-7-12-8-6-10-17-14(12)13/h5-11,16H,4H2,1-3H3. The minimum absolute atomic E-state index is 0.0150. The van der Waals surface area contributed by atoms with Gasteiger partial charge < -0.3 is 4.74 Å². The predicted molar refractivity (Wildman–Crippen MR) is 76.3 cm³/mol. The van der Waals surface area contributed by atoms with Crippen molar-refractivity contribution < 1.29 is 9.53 Å². The molecule has 1 atom stereocenters. The van der Waals surface area contributed by atoms with E-state index in [4.69, 9.17) is 4.74 Å². The number of carbonyl (C=O) groups is 1. The summed E-state index contributed by atoms with van der Waals surface area (Å²) in [6.07, 6.45) is 1.31. The summed E-state index contributed by atoms with van der Waals surface area (Å²) in [7, 11) is 0. The molecule has 0 bridgehead atoms. The largest absolute Gasteiger partial charge is 0.370 e. The van der Waals surface area contributed by atoms with Gasteiger partial charge in [-0.15, -0.1) is 0 Å². The van der Waals surface area contributed by atoms with Crippen LogP contribution in [-0.4, -0.2) is 23.5 Å². The number of ether oxygens (including phenoxy) is 1. The molecule has 1 unspecified atom stereocenters. The van der Waals surface area contributed by atoms with Gasteiger partial charge in [-0.2, -0.15) is 0 Å². The van der Waals surface area contributed by atoms with Crippen molar-refractivity contribution >= 4 is 16.7 Å². The lowest BCUT2D eigenvalue weighted by Gasteiger charge is -2.20. The molecule has 0 saturated carbocycles. The molecular weight excluding hydrogens is 238 g/mol. The van der Waals surface area contributed by atoms with Crippen molar-refractivity contribution in [2.45, 2.75) is 26.9 Å². The quantitative estimate of drug-likeness (QED) is 0.770. The van der Waals surface area contributed by atoms with Gasteiger partial charge in [0.25, 0.3) is 0 Å². The van der Waals surface area contributed by atoms with Crippen LogP contribution in [0.5, 0.6) is 0 Å². The van der Waals surface area contributed by atoms with Gasteiger partial charge in [0, 0.05) is 23.8 Å². The van der Waals surface area contributed by atoms with Crippen LogP contribution in [0.4, 0.5) is 0 Å². The van der Waals surface area contributed by atoms with Crippen LogP contribution in [0.15, 0.2) is 36.5 Å². The summed E-state index contributed by atoms with van der Waals surface area (Å²) >= 11 is 0. The van der Waals surface area contributed by atoms with Crippen LogP contribution >= 0.6 is 0 Å². The van der Waals surface area contributed by atoms with Crippen LogP contribution < -0.4 is 0 Å². The monoisotopic (exact) mass is 257 g/mol. The Labute approximate surface area is 113 Å². The number of ketones is 1. The van der Waals surface area contributed by atoms with Crippen LogP contribution in [0.1, 0.15) is 31.1 Å².